The van der Waals surface area contributed by atoms with E-state index in [2.05, 4.69) is 24.1 Å². The van der Waals surface area contributed by atoms with Crippen molar-refractivity contribution in [3.8, 4) is 0 Å². The number of carboxylic acids is 1. The highest BCUT2D eigenvalue weighted by Crippen LogP contribution is 2.10. The fraction of sp³-hybridized carbons (Fsp3) is 0.600. The SMILES string of the molecule is CC(C)CCCCCCNc1ccc(C(=O)O)cn1. The topological polar surface area (TPSA) is 62.2 Å². The molecule has 2 N–H and O–H groups in total. The molecule has 0 bridgehead atoms. The standard InChI is InChI=1S/C15H24N2O2/c1-12(2)7-5-3-4-6-10-16-14-9-8-13(11-17-14)15(18)19/h8-9,11-12H,3-7,10H2,1-2H3,(H,16,17)(H,18,19). The van der Waals surface area contributed by atoms with Crippen molar-refractivity contribution < 1.29 is 9.90 Å². The van der Waals surface area contributed by atoms with Gasteiger partial charge < -0.3 is 10.4 Å². The van der Waals surface area contributed by atoms with E-state index in [4.69, 9.17) is 5.11 Å². The van der Waals surface area contributed by atoms with Crippen molar-refractivity contribution in [2.24, 2.45) is 5.92 Å². The molecule has 0 saturated heterocycles. The number of nitrogens with one attached hydrogen (secondary N) is 1. The van der Waals surface area contributed by atoms with Crippen LogP contribution in [0.15, 0.2) is 18.3 Å². The first kappa shape index (κ1) is 15.5. The van der Waals surface area contributed by atoms with Crippen LogP contribution in [0.25, 0.3) is 0 Å². The second-order valence-corrected chi connectivity index (χ2v) is 5.26. The number of carboxylic acid groups (broad SMARTS) is 1. The Morgan fingerprint density at radius 3 is 2.58 bits per heavy atom. The molecule has 0 aliphatic heterocycles. The molecule has 106 valence electrons. The van der Waals surface area contributed by atoms with Gasteiger partial charge in [-0.1, -0.05) is 39.5 Å². The summed E-state index contributed by atoms with van der Waals surface area (Å²) in [6.07, 6.45) is 7.64. The Bertz CT molecular complexity index is 374. The van der Waals surface area contributed by atoms with Gasteiger partial charge in [0.05, 0.1) is 5.56 Å². The molecule has 1 aromatic heterocycles. The predicted octanol–water partition coefficient (Wildman–Crippen LogP) is 3.80. The van der Waals surface area contributed by atoms with Gasteiger partial charge in [-0.2, -0.15) is 0 Å². The lowest BCUT2D eigenvalue weighted by Crippen LogP contribution is -2.04. The Morgan fingerprint density at radius 2 is 2.00 bits per heavy atom. The minimum Gasteiger partial charge on any atom is -0.478 e. The molecule has 1 aromatic rings. The van der Waals surface area contributed by atoms with Crippen LogP contribution in [-0.4, -0.2) is 22.6 Å². The summed E-state index contributed by atoms with van der Waals surface area (Å²) in [6.45, 7) is 5.41. The third-order valence-corrected chi connectivity index (χ3v) is 3.02. The number of pyridine rings is 1. The maximum Gasteiger partial charge on any atom is 0.337 e. The van der Waals surface area contributed by atoms with Crippen molar-refractivity contribution >= 4 is 11.8 Å². The molecule has 0 aliphatic carbocycles. The van der Waals surface area contributed by atoms with Gasteiger partial charge in [0, 0.05) is 12.7 Å². The number of rotatable bonds is 9. The van der Waals surface area contributed by atoms with Crippen molar-refractivity contribution in [2.45, 2.75) is 46.0 Å². The molecule has 1 rings (SSSR count). The summed E-state index contributed by atoms with van der Waals surface area (Å²) < 4.78 is 0. The number of aromatic nitrogens is 1. The molecule has 0 aliphatic rings. The minimum atomic E-state index is -0.941. The normalized spacial score (nSPS) is 10.7. The van der Waals surface area contributed by atoms with Crippen LogP contribution in [0.5, 0.6) is 0 Å². The Hall–Kier alpha value is -1.58. The lowest BCUT2D eigenvalue weighted by molar-refractivity contribution is 0.0696. The summed E-state index contributed by atoms with van der Waals surface area (Å²) in [5, 5.41) is 12.0. The van der Waals surface area contributed by atoms with Gasteiger partial charge in [0.15, 0.2) is 0 Å². The van der Waals surface area contributed by atoms with E-state index < -0.39 is 5.97 Å². The quantitative estimate of drug-likeness (QED) is 0.666. The highest BCUT2D eigenvalue weighted by molar-refractivity contribution is 5.87. The summed E-state index contributed by atoms with van der Waals surface area (Å²) in [7, 11) is 0. The van der Waals surface area contributed by atoms with Crippen LogP contribution in [0.2, 0.25) is 0 Å². The number of anilines is 1. The summed E-state index contributed by atoms with van der Waals surface area (Å²) in [5.74, 6) is 0.603. The monoisotopic (exact) mass is 264 g/mol. The minimum absolute atomic E-state index is 0.222. The van der Waals surface area contributed by atoms with Crippen LogP contribution in [0.4, 0.5) is 5.82 Å². The molecular formula is C15H24N2O2. The molecule has 4 heteroatoms. The van der Waals surface area contributed by atoms with E-state index in [0.29, 0.717) is 0 Å². The molecule has 0 aromatic carbocycles. The average molecular weight is 264 g/mol. The van der Waals surface area contributed by atoms with Crippen LogP contribution in [-0.2, 0) is 0 Å². The van der Waals surface area contributed by atoms with E-state index in [9.17, 15) is 4.79 Å². The number of aromatic carboxylic acids is 1. The fourth-order valence-electron chi connectivity index (χ4n) is 1.87. The molecule has 0 spiro atoms. The lowest BCUT2D eigenvalue weighted by Gasteiger charge is -2.06. The third-order valence-electron chi connectivity index (χ3n) is 3.02. The molecule has 0 fully saturated rings. The van der Waals surface area contributed by atoms with Gasteiger partial charge in [0.2, 0.25) is 0 Å². The number of carbonyl (C=O) groups is 1. The summed E-state index contributed by atoms with van der Waals surface area (Å²) >= 11 is 0. The Balaban J connectivity index is 2.11. The maximum absolute atomic E-state index is 10.7. The molecule has 0 radical (unpaired) electrons. The summed E-state index contributed by atoms with van der Waals surface area (Å²) in [4.78, 5) is 14.7. The second-order valence-electron chi connectivity index (χ2n) is 5.26. The first-order valence-electron chi connectivity index (χ1n) is 7.03. The molecule has 0 atom stereocenters. The molecule has 0 saturated carbocycles. The van der Waals surface area contributed by atoms with E-state index in [1.165, 1.54) is 31.9 Å². The van der Waals surface area contributed by atoms with Crippen molar-refractivity contribution in [3.05, 3.63) is 23.9 Å². The Kier molecular flexibility index (Phi) is 6.93. The number of nitrogens with zero attached hydrogens (tertiary/aromatic N) is 1. The van der Waals surface area contributed by atoms with Crippen molar-refractivity contribution in [1.82, 2.24) is 4.98 Å². The zero-order chi connectivity index (χ0) is 14.1. The van der Waals surface area contributed by atoms with Gasteiger partial charge in [-0.25, -0.2) is 9.78 Å². The van der Waals surface area contributed by atoms with Gasteiger partial charge in [0.25, 0.3) is 0 Å². The van der Waals surface area contributed by atoms with Crippen LogP contribution >= 0.6 is 0 Å². The second kappa shape index (κ2) is 8.51. The number of unbranched alkanes of at least 4 members (excludes halogenated alkanes) is 3. The highest BCUT2D eigenvalue weighted by atomic mass is 16.4. The largest absolute Gasteiger partial charge is 0.478 e. The fourth-order valence-corrected chi connectivity index (χ4v) is 1.87. The van der Waals surface area contributed by atoms with Gasteiger partial charge >= 0.3 is 5.97 Å². The van der Waals surface area contributed by atoms with Crippen molar-refractivity contribution in [2.75, 3.05) is 11.9 Å². The average Bonchev–Trinajstić information content (AvgIpc) is 2.38. The van der Waals surface area contributed by atoms with E-state index in [0.717, 1.165) is 24.7 Å². The van der Waals surface area contributed by atoms with E-state index >= 15 is 0 Å². The van der Waals surface area contributed by atoms with E-state index in [-0.39, 0.29) is 5.56 Å². The van der Waals surface area contributed by atoms with E-state index in [1.807, 2.05) is 0 Å². The first-order chi connectivity index (χ1) is 9.09. The first-order valence-corrected chi connectivity index (χ1v) is 7.03. The van der Waals surface area contributed by atoms with Crippen LogP contribution in [0.1, 0.15) is 56.3 Å². The zero-order valence-electron chi connectivity index (χ0n) is 11.9. The van der Waals surface area contributed by atoms with Crippen molar-refractivity contribution in [3.63, 3.8) is 0 Å². The molecule has 0 amide bonds. The molecular weight excluding hydrogens is 240 g/mol. The summed E-state index contributed by atoms with van der Waals surface area (Å²) in [6, 6.07) is 3.28. The smallest absolute Gasteiger partial charge is 0.337 e. The van der Waals surface area contributed by atoms with Crippen LogP contribution in [0.3, 0.4) is 0 Å². The molecule has 1 heterocycles. The van der Waals surface area contributed by atoms with Gasteiger partial charge in [-0.3, -0.25) is 0 Å². The molecule has 19 heavy (non-hydrogen) atoms. The molecule has 0 unspecified atom stereocenters. The van der Waals surface area contributed by atoms with Gasteiger partial charge in [0.1, 0.15) is 5.82 Å². The van der Waals surface area contributed by atoms with Crippen LogP contribution in [0, 0.1) is 5.92 Å². The third kappa shape index (κ3) is 6.79. The van der Waals surface area contributed by atoms with Crippen LogP contribution < -0.4 is 5.32 Å². The van der Waals surface area contributed by atoms with Gasteiger partial charge in [-0.05, 0) is 24.5 Å². The zero-order valence-corrected chi connectivity index (χ0v) is 11.9. The number of hydrogen-bond acceptors (Lipinski definition) is 3. The summed E-state index contributed by atoms with van der Waals surface area (Å²) in [5.41, 5.74) is 0.222. The lowest BCUT2D eigenvalue weighted by atomic mass is 10.0. The van der Waals surface area contributed by atoms with Crippen molar-refractivity contribution in [1.29, 1.82) is 0 Å². The van der Waals surface area contributed by atoms with Gasteiger partial charge in [-0.15, -0.1) is 0 Å². The molecule has 4 nitrogen and oxygen atoms in total. The van der Waals surface area contributed by atoms with E-state index in [1.54, 1.807) is 12.1 Å². The predicted molar refractivity (Wildman–Crippen MR) is 77.6 cm³/mol. The Labute approximate surface area is 115 Å². The maximum atomic E-state index is 10.7. The number of hydrogen-bond donors (Lipinski definition) is 2. The Morgan fingerprint density at radius 1 is 1.26 bits per heavy atom. The highest BCUT2D eigenvalue weighted by Gasteiger charge is 2.02.